The summed E-state index contributed by atoms with van der Waals surface area (Å²) in [6.07, 6.45) is -1.67. The molecule has 0 radical (unpaired) electrons. The number of hydrogen-bond donors (Lipinski definition) is 2. The van der Waals surface area contributed by atoms with Gasteiger partial charge in [-0.15, -0.1) is 0 Å². The number of H-pyrrole nitrogens is 1. The van der Waals surface area contributed by atoms with Crippen LogP contribution in [0.3, 0.4) is 0 Å². The quantitative estimate of drug-likeness (QED) is 0.902. The Bertz CT molecular complexity index is 702. The van der Waals surface area contributed by atoms with Crippen molar-refractivity contribution >= 4 is 22.5 Å². The maximum atomic E-state index is 12.7. The molecule has 3 rings (SSSR count). The molecule has 1 fully saturated rings. The van der Waals surface area contributed by atoms with Crippen molar-refractivity contribution in [1.29, 1.82) is 0 Å². The van der Waals surface area contributed by atoms with Crippen LogP contribution in [0.4, 0.5) is 18.9 Å². The number of anilines is 1. The highest BCUT2D eigenvalue weighted by atomic mass is 19.4. The van der Waals surface area contributed by atoms with Gasteiger partial charge in [-0.2, -0.15) is 13.2 Å². The predicted octanol–water partition coefficient (Wildman–Crippen LogP) is 3.61. The van der Waals surface area contributed by atoms with E-state index in [1.54, 1.807) is 18.2 Å². The first-order chi connectivity index (χ1) is 10.9. The number of hydrogen-bond acceptors (Lipinski definition) is 2. The van der Waals surface area contributed by atoms with Gasteiger partial charge in [0.15, 0.2) is 0 Å². The molecule has 0 bridgehead atoms. The fourth-order valence-electron chi connectivity index (χ4n) is 2.85. The molecule has 0 aliphatic carbocycles. The smallest absolute Gasteiger partial charge is 0.351 e. The molecule has 0 spiro atoms. The summed E-state index contributed by atoms with van der Waals surface area (Å²) >= 11 is 0. The number of carbonyl (C=O) groups is 1. The summed E-state index contributed by atoms with van der Waals surface area (Å²) in [5, 5.41) is 3.17. The molecular weight excluding hydrogens is 307 g/mol. The standard InChI is InChI=1S/C16H18F3N3O/c17-16(18,19)14-10-11-9-12(3-4-13(11)21-14)20-15(23)5-8-22-6-1-2-7-22/h3-4,9-10,21H,1-2,5-8H2,(H,20,23). The van der Waals surface area contributed by atoms with Crippen LogP contribution in [0.25, 0.3) is 10.9 Å². The number of fused-ring (bicyclic) bond motifs is 1. The van der Waals surface area contributed by atoms with Gasteiger partial charge in [-0.1, -0.05) is 0 Å². The Morgan fingerprint density at radius 3 is 2.65 bits per heavy atom. The van der Waals surface area contributed by atoms with Crippen LogP contribution in [0.15, 0.2) is 24.3 Å². The zero-order valence-electron chi connectivity index (χ0n) is 12.5. The first-order valence-corrected chi connectivity index (χ1v) is 7.64. The van der Waals surface area contributed by atoms with Crippen LogP contribution in [0.5, 0.6) is 0 Å². The molecule has 1 saturated heterocycles. The van der Waals surface area contributed by atoms with Gasteiger partial charge in [-0.05, 0) is 50.2 Å². The van der Waals surface area contributed by atoms with E-state index in [-0.39, 0.29) is 5.91 Å². The van der Waals surface area contributed by atoms with E-state index in [2.05, 4.69) is 15.2 Å². The van der Waals surface area contributed by atoms with E-state index in [9.17, 15) is 18.0 Å². The highest BCUT2D eigenvalue weighted by Crippen LogP contribution is 2.31. The molecule has 2 N–H and O–H groups in total. The number of nitrogens with zero attached hydrogens (tertiary/aromatic N) is 1. The summed E-state index contributed by atoms with van der Waals surface area (Å²) in [4.78, 5) is 16.5. The molecule has 1 aromatic carbocycles. The lowest BCUT2D eigenvalue weighted by Gasteiger charge is -2.13. The zero-order valence-corrected chi connectivity index (χ0v) is 12.5. The van der Waals surface area contributed by atoms with Crippen molar-refractivity contribution in [3.05, 3.63) is 30.0 Å². The largest absolute Gasteiger partial charge is 0.431 e. The summed E-state index contributed by atoms with van der Waals surface area (Å²) in [6, 6.07) is 5.75. The Labute approximate surface area is 131 Å². The van der Waals surface area contributed by atoms with Crippen LogP contribution in [0, 0.1) is 0 Å². The number of nitrogens with one attached hydrogen (secondary N) is 2. The molecule has 124 valence electrons. The average molecular weight is 325 g/mol. The molecule has 2 heterocycles. The molecule has 1 aromatic heterocycles. The van der Waals surface area contributed by atoms with Gasteiger partial charge in [0, 0.05) is 29.6 Å². The minimum atomic E-state index is -4.40. The van der Waals surface area contributed by atoms with Crippen molar-refractivity contribution in [3.63, 3.8) is 0 Å². The summed E-state index contributed by atoms with van der Waals surface area (Å²) < 4.78 is 38.0. The molecular formula is C16H18F3N3O. The van der Waals surface area contributed by atoms with E-state index in [1.807, 2.05) is 0 Å². The lowest BCUT2D eigenvalue weighted by Crippen LogP contribution is -2.25. The number of aromatic amines is 1. The summed E-state index contributed by atoms with van der Waals surface area (Å²) in [5.41, 5.74) is 0.119. The van der Waals surface area contributed by atoms with Crippen LogP contribution in [0.2, 0.25) is 0 Å². The van der Waals surface area contributed by atoms with Gasteiger partial charge in [-0.3, -0.25) is 4.79 Å². The topological polar surface area (TPSA) is 48.1 Å². The third-order valence-corrected chi connectivity index (χ3v) is 4.06. The first kappa shape index (κ1) is 15.9. The second kappa shape index (κ2) is 6.23. The molecule has 4 nitrogen and oxygen atoms in total. The summed E-state index contributed by atoms with van der Waals surface area (Å²) in [6.45, 7) is 2.78. The molecule has 23 heavy (non-hydrogen) atoms. The van der Waals surface area contributed by atoms with E-state index < -0.39 is 11.9 Å². The maximum absolute atomic E-state index is 12.7. The summed E-state index contributed by atoms with van der Waals surface area (Å²) in [7, 11) is 0. The van der Waals surface area contributed by atoms with Gasteiger partial charge in [0.05, 0.1) is 0 Å². The van der Waals surface area contributed by atoms with E-state index >= 15 is 0 Å². The van der Waals surface area contributed by atoms with E-state index in [0.29, 0.717) is 23.0 Å². The highest BCUT2D eigenvalue weighted by molar-refractivity contribution is 5.94. The SMILES string of the molecule is O=C(CCN1CCCC1)Nc1ccc2[nH]c(C(F)(F)F)cc2c1. The van der Waals surface area contributed by atoms with Crippen LogP contribution < -0.4 is 5.32 Å². The van der Waals surface area contributed by atoms with E-state index in [4.69, 9.17) is 0 Å². The van der Waals surface area contributed by atoms with E-state index in [1.165, 1.54) is 12.8 Å². The third-order valence-electron chi connectivity index (χ3n) is 4.06. The second-order valence-corrected chi connectivity index (χ2v) is 5.83. The first-order valence-electron chi connectivity index (χ1n) is 7.64. The Hall–Kier alpha value is -2.02. The van der Waals surface area contributed by atoms with Crippen LogP contribution >= 0.6 is 0 Å². The van der Waals surface area contributed by atoms with Crippen molar-refractivity contribution in [2.45, 2.75) is 25.4 Å². The van der Waals surface area contributed by atoms with Gasteiger partial charge in [0.2, 0.25) is 5.91 Å². The van der Waals surface area contributed by atoms with Crippen molar-refractivity contribution in [3.8, 4) is 0 Å². The van der Waals surface area contributed by atoms with Crippen molar-refractivity contribution < 1.29 is 18.0 Å². The molecule has 0 unspecified atom stereocenters. The molecule has 1 amide bonds. The second-order valence-electron chi connectivity index (χ2n) is 5.83. The lowest BCUT2D eigenvalue weighted by molar-refractivity contribution is -0.140. The zero-order chi connectivity index (χ0) is 16.4. The molecule has 0 saturated carbocycles. The molecule has 7 heteroatoms. The number of benzene rings is 1. The normalized spacial score (nSPS) is 16.1. The molecule has 1 aliphatic heterocycles. The van der Waals surface area contributed by atoms with Crippen molar-refractivity contribution in [1.82, 2.24) is 9.88 Å². The van der Waals surface area contributed by atoms with E-state index in [0.717, 1.165) is 25.7 Å². The number of alkyl halides is 3. The van der Waals surface area contributed by atoms with Crippen molar-refractivity contribution in [2.75, 3.05) is 25.0 Å². The Kier molecular flexibility index (Phi) is 4.30. The monoisotopic (exact) mass is 325 g/mol. The highest BCUT2D eigenvalue weighted by Gasteiger charge is 2.32. The van der Waals surface area contributed by atoms with Gasteiger partial charge >= 0.3 is 6.18 Å². The number of rotatable bonds is 4. The molecule has 0 atom stereocenters. The van der Waals surface area contributed by atoms with Crippen LogP contribution in [-0.4, -0.2) is 35.4 Å². The minimum Gasteiger partial charge on any atom is -0.351 e. The fourth-order valence-corrected chi connectivity index (χ4v) is 2.85. The number of amides is 1. The third kappa shape index (κ3) is 3.85. The van der Waals surface area contributed by atoms with Crippen LogP contribution in [0.1, 0.15) is 25.0 Å². The van der Waals surface area contributed by atoms with Gasteiger partial charge < -0.3 is 15.2 Å². The number of halogens is 3. The average Bonchev–Trinajstić information content (AvgIpc) is 3.13. The fraction of sp³-hybridized carbons (Fsp3) is 0.438. The Balaban J connectivity index is 1.64. The number of carbonyl (C=O) groups excluding carboxylic acids is 1. The Morgan fingerprint density at radius 1 is 1.22 bits per heavy atom. The van der Waals surface area contributed by atoms with Gasteiger partial charge in [0.25, 0.3) is 0 Å². The number of aromatic nitrogens is 1. The van der Waals surface area contributed by atoms with Gasteiger partial charge in [-0.25, -0.2) is 0 Å². The molecule has 2 aromatic rings. The maximum Gasteiger partial charge on any atom is 0.431 e. The van der Waals surface area contributed by atoms with Gasteiger partial charge in [0.1, 0.15) is 5.69 Å². The van der Waals surface area contributed by atoms with Crippen molar-refractivity contribution in [2.24, 2.45) is 0 Å². The minimum absolute atomic E-state index is 0.122. The van der Waals surface area contributed by atoms with Crippen LogP contribution in [-0.2, 0) is 11.0 Å². The summed E-state index contributed by atoms with van der Waals surface area (Å²) in [5.74, 6) is -0.122. The lowest BCUT2D eigenvalue weighted by atomic mass is 10.2. The number of likely N-dealkylation sites (tertiary alicyclic amines) is 1. The molecule has 1 aliphatic rings. The Morgan fingerprint density at radius 2 is 1.96 bits per heavy atom. The predicted molar refractivity (Wildman–Crippen MR) is 82.2 cm³/mol.